The van der Waals surface area contributed by atoms with Crippen LogP contribution in [0, 0.1) is 5.82 Å². The van der Waals surface area contributed by atoms with Gasteiger partial charge in [0.05, 0.1) is 18.3 Å². The Kier molecular flexibility index (Phi) is 4.95. The van der Waals surface area contributed by atoms with Gasteiger partial charge >= 0.3 is 10.2 Å². The molecule has 0 bridgehead atoms. The Morgan fingerprint density at radius 1 is 1.28 bits per heavy atom. The summed E-state index contributed by atoms with van der Waals surface area (Å²) in [5.74, 6) is -2.31. The Morgan fingerprint density at radius 3 is 2.62 bits per heavy atom. The number of hydrogen-bond donors (Lipinski definition) is 2. The number of aromatic nitrogens is 2. The van der Waals surface area contributed by atoms with Crippen molar-refractivity contribution in [2.45, 2.75) is 37.8 Å². The first-order chi connectivity index (χ1) is 13.8. The number of hydrogen-bond acceptors (Lipinski definition) is 6. The van der Waals surface area contributed by atoms with Gasteiger partial charge in [-0.25, -0.2) is 13.4 Å². The highest BCUT2D eigenvalue weighted by Crippen LogP contribution is 2.39. The summed E-state index contributed by atoms with van der Waals surface area (Å²) in [6.07, 6.45) is 7.08. The van der Waals surface area contributed by atoms with Crippen LogP contribution in [-0.4, -0.2) is 49.0 Å². The van der Waals surface area contributed by atoms with E-state index in [9.17, 15) is 18.3 Å². The van der Waals surface area contributed by atoms with Gasteiger partial charge in [0.1, 0.15) is 18.0 Å². The summed E-state index contributed by atoms with van der Waals surface area (Å²) >= 11 is 0. The number of rotatable bonds is 4. The van der Waals surface area contributed by atoms with Gasteiger partial charge < -0.3 is 9.84 Å². The van der Waals surface area contributed by atoms with E-state index in [0.29, 0.717) is 9.87 Å². The van der Waals surface area contributed by atoms with Crippen molar-refractivity contribution in [2.75, 3.05) is 18.0 Å². The van der Waals surface area contributed by atoms with Crippen molar-refractivity contribution in [1.29, 1.82) is 0 Å². The molecular weight excluding hydrogens is 403 g/mol. The average Bonchev–Trinajstić information content (AvgIpc) is 3.26. The number of nitrogens with one attached hydrogen (secondary N) is 1. The normalized spacial score (nSPS) is 23.9. The molecule has 156 valence electrons. The minimum absolute atomic E-state index is 0.0872. The lowest BCUT2D eigenvalue weighted by Gasteiger charge is -2.27. The van der Waals surface area contributed by atoms with Crippen LogP contribution in [0.3, 0.4) is 0 Å². The summed E-state index contributed by atoms with van der Waals surface area (Å²) in [4.78, 5) is 11.5. The predicted octanol–water partition coefficient (Wildman–Crippen LogP) is 1.71. The molecule has 4 rings (SSSR count). The fraction of sp³-hybridized carbons (Fsp3) is 0.444. The highest BCUT2D eigenvalue weighted by Gasteiger charge is 2.38. The zero-order valence-electron chi connectivity index (χ0n) is 15.7. The third-order valence-electron chi connectivity index (χ3n) is 5.43. The zero-order valence-corrected chi connectivity index (χ0v) is 16.5. The van der Waals surface area contributed by atoms with Crippen molar-refractivity contribution < 1.29 is 27.4 Å². The van der Waals surface area contributed by atoms with Crippen LogP contribution >= 0.6 is 0 Å². The topological polar surface area (TPSA) is 114 Å². The van der Waals surface area contributed by atoms with Crippen molar-refractivity contribution in [3.05, 3.63) is 30.3 Å². The summed E-state index contributed by atoms with van der Waals surface area (Å²) in [6, 6.07) is 2.73. The minimum atomic E-state index is -4.25. The Bertz CT molecular complexity index is 1050. The van der Waals surface area contributed by atoms with Crippen LogP contribution in [0.2, 0.25) is 0 Å². The molecule has 29 heavy (non-hydrogen) atoms. The maximum Gasteiger partial charge on any atom is 0.326 e. The highest BCUT2D eigenvalue weighted by atomic mass is 32.2. The first-order valence-corrected chi connectivity index (χ1v) is 10.7. The number of ether oxygens (including phenoxy) is 1. The summed E-state index contributed by atoms with van der Waals surface area (Å²) in [7, 11) is -2.55. The predicted molar refractivity (Wildman–Crippen MR) is 102 cm³/mol. The van der Waals surface area contributed by atoms with E-state index in [2.05, 4.69) is 5.10 Å². The Morgan fingerprint density at radius 2 is 2.00 bits per heavy atom. The number of phenolic OH excluding ortho intramolecular Hbond substituents is 1. The number of carbonyl (C=O) groups is 1. The smallest absolute Gasteiger partial charge is 0.326 e. The number of aromatic hydroxyl groups is 1. The molecule has 1 saturated heterocycles. The number of methoxy groups -OCH3 is 1. The van der Waals surface area contributed by atoms with Crippen LogP contribution in [0.15, 0.2) is 24.5 Å². The second-order valence-electron chi connectivity index (χ2n) is 7.21. The molecule has 2 aliphatic rings. The lowest BCUT2D eigenvalue weighted by Crippen LogP contribution is -2.30. The third kappa shape index (κ3) is 3.55. The first kappa shape index (κ1) is 19.6. The SMILES string of the molecule is CO[C@H]1CC[C@H](n2cc(-c3ccc(O)c(N4CC(=O)NS4(=O)=O)c3F)cn2)CC1. The van der Waals surface area contributed by atoms with Crippen molar-refractivity contribution >= 4 is 21.8 Å². The van der Waals surface area contributed by atoms with Gasteiger partial charge in [-0.05, 0) is 37.8 Å². The summed E-state index contributed by atoms with van der Waals surface area (Å²) in [6.45, 7) is -0.599. The molecule has 0 spiro atoms. The van der Waals surface area contributed by atoms with E-state index in [1.165, 1.54) is 18.3 Å². The lowest BCUT2D eigenvalue weighted by atomic mass is 9.93. The molecule has 2 N–H and O–H groups in total. The molecule has 1 aliphatic heterocycles. The van der Waals surface area contributed by atoms with Crippen LogP contribution < -0.4 is 9.03 Å². The van der Waals surface area contributed by atoms with E-state index in [4.69, 9.17) is 4.74 Å². The van der Waals surface area contributed by atoms with E-state index >= 15 is 4.39 Å². The molecule has 1 amide bonds. The fourth-order valence-electron chi connectivity index (χ4n) is 3.88. The van der Waals surface area contributed by atoms with Crippen molar-refractivity contribution in [3.8, 4) is 16.9 Å². The van der Waals surface area contributed by atoms with E-state index in [0.717, 1.165) is 25.7 Å². The molecule has 2 heterocycles. The summed E-state index contributed by atoms with van der Waals surface area (Å²) < 4.78 is 48.8. The van der Waals surface area contributed by atoms with Crippen LogP contribution in [0.4, 0.5) is 10.1 Å². The number of carbonyl (C=O) groups excluding carboxylic acids is 1. The Balaban J connectivity index is 1.66. The molecule has 0 radical (unpaired) electrons. The Labute approximate surface area is 167 Å². The number of phenols is 1. The second kappa shape index (κ2) is 7.30. The number of amides is 1. The van der Waals surface area contributed by atoms with E-state index in [1.807, 2.05) is 0 Å². The van der Waals surface area contributed by atoms with E-state index in [1.54, 1.807) is 22.7 Å². The number of halogens is 1. The average molecular weight is 424 g/mol. The van der Waals surface area contributed by atoms with Crippen molar-refractivity contribution in [3.63, 3.8) is 0 Å². The standard InChI is InChI=1S/C18H21FN4O5S/c1-28-13-4-2-12(3-5-13)22-9-11(8-20-22)14-6-7-15(24)18(17(14)19)23-10-16(25)21-29(23,26)27/h6-9,12-13,24H,2-5,10H2,1H3,(H,21,25)/t12-,13-. The fourth-order valence-corrected chi connectivity index (χ4v) is 5.05. The summed E-state index contributed by atoms with van der Waals surface area (Å²) in [5, 5.41) is 14.4. The molecule has 1 aliphatic carbocycles. The molecule has 1 aromatic carbocycles. The molecule has 0 atom stereocenters. The van der Waals surface area contributed by atoms with Gasteiger partial charge in [0.2, 0.25) is 0 Å². The molecule has 11 heteroatoms. The molecule has 2 fully saturated rings. The Hall–Kier alpha value is -2.66. The van der Waals surface area contributed by atoms with E-state index in [-0.39, 0.29) is 17.7 Å². The zero-order chi connectivity index (χ0) is 20.8. The minimum Gasteiger partial charge on any atom is -0.506 e. The van der Waals surface area contributed by atoms with Crippen molar-refractivity contribution in [1.82, 2.24) is 14.5 Å². The quantitative estimate of drug-likeness (QED) is 0.772. The van der Waals surface area contributed by atoms with Gasteiger partial charge in [0.25, 0.3) is 5.91 Å². The second-order valence-corrected chi connectivity index (χ2v) is 8.80. The number of anilines is 1. The van der Waals surface area contributed by atoms with Gasteiger partial charge in [0.15, 0.2) is 5.82 Å². The maximum absolute atomic E-state index is 15.2. The van der Waals surface area contributed by atoms with E-state index < -0.39 is 39.9 Å². The number of benzene rings is 1. The summed E-state index contributed by atoms with van der Waals surface area (Å²) in [5.41, 5.74) is -0.0214. The first-order valence-electron chi connectivity index (χ1n) is 9.22. The van der Waals surface area contributed by atoms with Gasteiger partial charge in [-0.3, -0.25) is 9.48 Å². The van der Waals surface area contributed by atoms with Crippen molar-refractivity contribution in [2.24, 2.45) is 0 Å². The maximum atomic E-state index is 15.2. The van der Waals surface area contributed by atoms with Crippen LogP contribution in [0.5, 0.6) is 5.75 Å². The highest BCUT2D eigenvalue weighted by molar-refractivity contribution is 7.92. The molecule has 2 aromatic rings. The van der Waals surface area contributed by atoms with Gasteiger partial charge in [-0.1, -0.05) is 0 Å². The number of nitrogens with zero attached hydrogens (tertiary/aromatic N) is 3. The van der Waals surface area contributed by atoms with Gasteiger partial charge in [-0.15, -0.1) is 0 Å². The monoisotopic (exact) mass is 424 g/mol. The van der Waals surface area contributed by atoms with Crippen LogP contribution in [0.1, 0.15) is 31.7 Å². The molecular formula is C18H21FN4O5S. The van der Waals surface area contributed by atoms with Crippen LogP contribution in [0.25, 0.3) is 11.1 Å². The van der Waals surface area contributed by atoms with Gasteiger partial charge in [0, 0.05) is 24.4 Å². The molecule has 1 aromatic heterocycles. The lowest BCUT2D eigenvalue weighted by molar-refractivity contribution is -0.117. The largest absolute Gasteiger partial charge is 0.506 e. The van der Waals surface area contributed by atoms with Gasteiger partial charge in [-0.2, -0.15) is 13.5 Å². The molecule has 0 unspecified atom stereocenters. The molecule has 9 nitrogen and oxygen atoms in total. The third-order valence-corrected chi connectivity index (χ3v) is 6.81. The van der Waals surface area contributed by atoms with Crippen LogP contribution in [-0.2, 0) is 19.7 Å². The molecule has 1 saturated carbocycles.